The molecule has 11 heteroatoms. The first kappa shape index (κ1) is 24.2. The van der Waals surface area contributed by atoms with E-state index in [-0.39, 0.29) is 10.6 Å². The van der Waals surface area contributed by atoms with Crippen LogP contribution < -0.4 is 10.6 Å². The SMILES string of the molecule is O=C(Nc1ccc2[nH]cnc2c1)c1cc(NC(=O)[C@H]2[C@H](c3cc(Cl)cc(Cl)c3)C2(Cl)Cl)ccc1Cl. The van der Waals surface area contributed by atoms with E-state index in [2.05, 4.69) is 20.6 Å². The van der Waals surface area contributed by atoms with Gasteiger partial charge in [-0.15, -0.1) is 23.2 Å². The minimum atomic E-state index is -1.32. The number of anilines is 2. The lowest BCUT2D eigenvalue weighted by atomic mass is 10.1. The molecule has 2 amide bonds. The Morgan fingerprint density at radius 3 is 2.31 bits per heavy atom. The van der Waals surface area contributed by atoms with Gasteiger partial charge >= 0.3 is 0 Å². The summed E-state index contributed by atoms with van der Waals surface area (Å²) in [6.45, 7) is 0. The smallest absolute Gasteiger partial charge is 0.257 e. The van der Waals surface area contributed by atoms with Gasteiger partial charge in [0.1, 0.15) is 4.33 Å². The predicted octanol–water partition coefficient (Wildman–Crippen LogP) is 7.30. The average Bonchev–Trinajstić information content (AvgIpc) is 3.11. The summed E-state index contributed by atoms with van der Waals surface area (Å²) in [4.78, 5) is 33.1. The summed E-state index contributed by atoms with van der Waals surface area (Å²) in [6, 6.07) is 14.8. The van der Waals surface area contributed by atoms with Crippen LogP contribution in [0.15, 0.2) is 60.9 Å². The molecule has 1 aliphatic carbocycles. The predicted molar refractivity (Wildman–Crippen MR) is 141 cm³/mol. The first-order valence-corrected chi connectivity index (χ1v) is 12.2. The number of halogens is 5. The fourth-order valence-electron chi connectivity index (χ4n) is 4.03. The van der Waals surface area contributed by atoms with Crippen molar-refractivity contribution in [1.29, 1.82) is 0 Å². The number of nitrogens with one attached hydrogen (secondary N) is 3. The summed E-state index contributed by atoms with van der Waals surface area (Å²) in [5, 5.41) is 6.62. The van der Waals surface area contributed by atoms with E-state index in [1.807, 2.05) is 0 Å². The molecule has 0 unspecified atom stereocenters. The van der Waals surface area contributed by atoms with Crippen molar-refractivity contribution in [2.24, 2.45) is 5.92 Å². The molecule has 1 aromatic heterocycles. The number of H-pyrrole nitrogens is 1. The number of amides is 2. The van der Waals surface area contributed by atoms with Crippen LogP contribution in [0.3, 0.4) is 0 Å². The van der Waals surface area contributed by atoms with Gasteiger partial charge in [-0.1, -0.05) is 34.8 Å². The highest BCUT2D eigenvalue weighted by molar-refractivity contribution is 6.53. The molecular weight excluding hydrogens is 554 g/mol. The largest absolute Gasteiger partial charge is 0.345 e. The van der Waals surface area contributed by atoms with Crippen LogP contribution in [0.5, 0.6) is 0 Å². The average molecular weight is 569 g/mol. The first-order chi connectivity index (χ1) is 16.6. The Morgan fingerprint density at radius 1 is 0.886 bits per heavy atom. The Bertz CT molecular complexity index is 1470. The third kappa shape index (κ3) is 4.82. The highest BCUT2D eigenvalue weighted by atomic mass is 35.5. The summed E-state index contributed by atoms with van der Waals surface area (Å²) in [6.07, 6.45) is 1.57. The van der Waals surface area contributed by atoms with Crippen molar-refractivity contribution in [3.05, 3.63) is 87.1 Å². The molecule has 35 heavy (non-hydrogen) atoms. The molecule has 1 saturated carbocycles. The zero-order valence-electron chi connectivity index (χ0n) is 17.6. The van der Waals surface area contributed by atoms with Crippen molar-refractivity contribution < 1.29 is 9.59 Å². The van der Waals surface area contributed by atoms with E-state index in [1.54, 1.807) is 48.8 Å². The van der Waals surface area contributed by atoms with Crippen LogP contribution >= 0.6 is 58.0 Å². The number of rotatable bonds is 5. The standard InChI is InChI=1S/C24H15Cl5N4O2/c25-12-5-11(6-13(26)7-12)20-21(24(20,28)29)23(35)33-14-1-3-17(27)16(8-14)22(34)32-15-2-4-18-19(9-15)31-10-30-18/h1-10,20-21H,(H,30,31)(H,32,34)(H,33,35)/t20-,21+/m0/s1. The molecule has 4 aromatic rings. The van der Waals surface area contributed by atoms with Gasteiger partial charge in [0.25, 0.3) is 5.91 Å². The summed E-state index contributed by atoms with van der Waals surface area (Å²) in [5.41, 5.74) is 3.32. The number of imidazole rings is 1. The zero-order chi connectivity index (χ0) is 24.9. The second kappa shape index (κ2) is 9.19. The Kier molecular flexibility index (Phi) is 6.36. The Labute approximate surface area is 224 Å². The van der Waals surface area contributed by atoms with Crippen LogP contribution in [0.2, 0.25) is 15.1 Å². The number of aromatic amines is 1. The van der Waals surface area contributed by atoms with Gasteiger partial charge in [0.15, 0.2) is 0 Å². The van der Waals surface area contributed by atoms with Crippen LogP contribution in [-0.4, -0.2) is 26.1 Å². The molecule has 3 aromatic carbocycles. The van der Waals surface area contributed by atoms with Gasteiger partial charge in [0, 0.05) is 27.3 Å². The number of fused-ring (bicyclic) bond motifs is 1. The normalized spacial score (nSPS) is 18.3. The van der Waals surface area contributed by atoms with Gasteiger partial charge in [-0.2, -0.15) is 0 Å². The minimum Gasteiger partial charge on any atom is -0.345 e. The molecule has 6 nitrogen and oxygen atoms in total. The van der Waals surface area contributed by atoms with E-state index in [0.717, 1.165) is 5.52 Å². The first-order valence-electron chi connectivity index (χ1n) is 10.3. The molecule has 2 atom stereocenters. The fourth-order valence-corrected chi connectivity index (χ4v) is 5.60. The highest BCUT2D eigenvalue weighted by Crippen LogP contribution is 2.65. The summed E-state index contributed by atoms with van der Waals surface area (Å²) in [5.74, 6) is -2.08. The van der Waals surface area contributed by atoms with Gasteiger partial charge in [0.05, 0.1) is 33.9 Å². The highest BCUT2D eigenvalue weighted by Gasteiger charge is 2.67. The lowest BCUT2D eigenvalue weighted by Crippen LogP contribution is -2.18. The quantitative estimate of drug-likeness (QED) is 0.221. The van der Waals surface area contributed by atoms with Gasteiger partial charge in [-0.25, -0.2) is 4.98 Å². The number of benzene rings is 3. The topological polar surface area (TPSA) is 86.9 Å². The third-order valence-electron chi connectivity index (χ3n) is 5.74. The summed E-state index contributed by atoms with van der Waals surface area (Å²) in [7, 11) is 0. The Hall–Kier alpha value is -2.48. The minimum absolute atomic E-state index is 0.184. The van der Waals surface area contributed by atoms with E-state index in [9.17, 15) is 9.59 Å². The van der Waals surface area contributed by atoms with E-state index in [0.29, 0.717) is 32.5 Å². The lowest BCUT2D eigenvalue weighted by Gasteiger charge is -2.10. The maximum Gasteiger partial charge on any atom is 0.257 e. The Morgan fingerprint density at radius 2 is 1.57 bits per heavy atom. The number of nitrogens with zero attached hydrogens (tertiary/aromatic N) is 1. The maximum atomic E-state index is 13.0. The van der Waals surface area contributed by atoms with Crippen molar-refractivity contribution in [1.82, 2.24) is 9.97 Å². The molecule has 0 bridgehead atoms. The van der Waals surface area contributed by atoms with E-state index < -0.39 is 28.0 Å². The second-order valence-electron chi connectivity index (χ2n) is 8.11. The molecule has 3 N–H and O–H groups in total. The summed E-state index contributed by atoms with van der Waals surface area (Å²) >= 11 is 31.3. The van der Waals surface area contributed by atoms with Crippen molar-refractivity contribution >= 4 is 92.2 Å². The number of aromatic nitrogens is 2. The van der Waals surface area contributed by atoms with Crippen LogP contribution in [0.1, 0.15) is 21.8 Å². The summed E-state index contributed by atoms with van der Waals surface area (Å²) < 4.78 is -1.32. The van der Waals surface area contributed by atoms with E-state index in [1.165, 1.54) is 12.1 Å². The van der Waals surface area contributed by atoms with Gasteiger partial charge in [0.2, 0.25) is 5.91 Å². The number of carbonyl (C=O) groups is 2. The van der Waals surface area contributed by atoms with Gasteiger partial charge in [-0.05, 0) is 60.2 Å². The van der Waals surface area contributed by atoms with Crippen LogP contribution in [-0.2, 0) is 4.79 Å². The maximum absolute atomic E-state index is 13.0. The van der Waals surface area contributed by atoms with E-state index >= 15 is 0 Å². The van der Waals surface area contributed by atoms with Gasteiger partial charge < -0.3 is 15.6 Å². The van der Waals surface area contributed by atoms with Crippen LogP contribution in [0.25, 0.3) is 11.0 Å². The van der Waals surface area contributed by atoms with E-state index in [4.69, 9.17) is 58.0 Å². The van der Waals surface area contributed by atoms with Crippen molar-refractivity contribution in [2.75, 3.05) is 10.6 Å². The van der Waals surface area contributed by atoms with Crippen LogP contribution in [0, 0.1) is 5.92 Å². The number of alkyl halides is 2. The lowest BCUT2D eigenvalue weighted by molar-refractivity contribution is -0.117. The molecule has 0 spiro atoms. The van der Waals surface area contributed by atoms with Crippen LogP contribution in [0.4, 0.5) is 11.4 Å². The molecule has 1 heterocycles. The van der Waals surface area contributed by atoms with Crippen molar-refractivity contribution in [3.8, 4) is 0 Å². The molecule has 0 saturated heterocycles. The molecule has 0 radical (unpaired) electrons. The third-order valence-corrected chi connectivity index (χ3v) is 7.44. The number of hydrogen-bond acceptors (Lipinski definition) is 3. The molecule has 1 fully saturated rings. The molecule has 1 aliphatic rings. The Balaban J connectivity index is 1.33. The second-order valence-corrected chi connectivity index (χ2v) is 10.8. The molecule has 5 rings (SSSR count). The zero-order valence-corrected chi connectivity index (χ0v) is 21.4. The van der Waals surface area contributed by atoms with Gasteiger partial charge in [-0.3, -0.25) is 9.59 Å². The molecule has 178 valence electrons. The number of carbonyl (C=O) groups excluding carboxylic acids is 2. The van der Waals surface area contributed by atoms with Crippen molar-refractivity contribution in [3.63, 3.8) is 0 Å². The fraction of sp³-hybridized carbons (Fsp3) is 0.125. The molecule has 0 aliphatic heterocycles. The number of hydrogen-bond donors (Lipinski definition) is 3. The molecular formula is C24H15Cl5N4O2. The monoisotopic (exact) mass is 566 g/mol. The van der Waals surface area contributed by atoms with Crippen molar-refractivity contribution in [2.45, 2.75) is 10.3 Å².